The highest BCUT2D eigenvalue weighted by Crippen LogP contribution is 2.48. The second-order valence-corrected chi connectivity index (χ2v) is 9.04. The first-order chi connectivity index (χ1) is 15.0. The second-order valence-electron chi connectivity index (χ2n) is 9.04. The molecule has 3 aliphatic rings. The van der Waals surface area contributed by atoms with Crippen molar-refractivity contribution in [3.05, 3.63) is 29.6 Å². The van der Waals surface area contributed by atoms with Crippen LogP contribution < -0.4 is 10.2 Å². The Morgan fingerprint density at radius 1 is 1.13 bits per heavy atom. The molecule has 4 rings (SSSR count). The van der Waals surface area contributed by atoms with E-state index in [9.17, 15) is 14.0 Å². The predicted molar refractivity (Wildman–Crippen MR) is 115 cm³/mol. The summed E-state index contributed by atoms with van der Waals surface area (Å²) in [6.45, 7) is 2.31. The summed E-state index contributed by atoms with van der Waals surface area (Å²) in [5.74, 6) is -0.271. The zero-order chi connectivity index (χ0) is 22.0. The topological polar surface area (TPSA) is 71.1 Å². The van der Waals surface area contributed by atoms with Crippen molar-refractivity contribution in [1.29, 1.82) is 0 Å². The molecule has 1 N–H and O–H groups in total. The second kappa shape index (κ2) is 9.02. The van der Waals surface area contributed by atoms with Crippen LogP contribution in [0.4, 0.5) is 19.7 Å². The highest BCUT2D eigenvalue weighted by molar-refractivity contribution is 5.91. The van der Waals surface area contributed by atoms with Crippen molar-refractivity contribution in [1.82, 2.24) is 10.2 Å². The molecule has 2 heterocycles. The summed E-state index contributed by atoms with van der Waals surface area (Å²) in [6, 6.07) is 5.23. The molecule has 1 spiro atoms. The van der Waals surface area contributed by atoms with E-state index in [2.05, 4.69) is 10.2 Å². The summed E-state index contributed by atoms with van der Waals surface area (Å²) in [7, 11) is 2.78. The van der Waals surface area contributed by atoms with Gasteiger partial charge in [-0.3, -0.25) is 4.90 Å². The average Bonchev–Trinajstić information content (AvgIpc) is 2.92. The van der Waals surface area contributed by atoms with E-state index >= 15 is 0 Å². The van der Waals surface area contributed by atoms with Crippen molar-refractivity contribution in [2.45, 2.75) is 62.4 Å². The standard InChI is InChI=1S/C23H32FN3O4/c1-30-21(28)25-17-5-3-4-6-18(14-17)26-11-9-23(10-12-26)15-27(22(29)31-2)20-8-7-16(24)13-19(20)23/h7-8,13,17-18H,3-6,9-12,14-15H2,1-2H3,(H,25,28). The van der Waals surface area contributed by atoms with Crippen LogP contribution in [-0.2, 0) is 14.9 Å². The van der Waals surface area contributed by atoms with Crippen LogP contribution in [0.3, 0.4) is 0 Å². The summed E-state index contributed by atoms with van der Waals surface area (Å²) in [5, 5.41) is 2.98. The average molecular weight is 434 g/mol. The van der Waals surface area contributed by atoms with Gasteiger partial charge < -0.3 is 19.7 Å². The van der Waals surface area contributed by atoms with E-state index in [1.54, 1.807) is 17.0 Å². The zero-order valence-electron chi connectivity index (χ0n) is 18.4. The largest absolute Gasteiger partial charge is 0.453 e. The van der Waals surface area contributed by atoms with Gasteiger partial charge in [-0.2, -0.15) is 0 Å². The van der Waals surface area contributed by atoms with Crippen molar-refractivity contribution >= 4 is 17.9 Å². The maximum atomic E-state index is 14.1. The third-order valence-corrected chi connectivity index (χ3v) is 7.35. The number of carbonyl (C=O) groups is 2. The van der Waals surface area contributed by atoms with Crippen LogP contribution in [-0.4, -0.2) is 63.0 Å². The Bertz CT molecular complexity index is 825. The van der Waals surface area contributed by atoms with Gasteiger partial charge in [-0.15, -0.1) is 0 Å². The molecule has 2 amide bonds. The molecule has 0 radical (unpaired) electrons. The van der Waals surface area contributed by atoms with E-state index in [-0.39, 0.29) is 23.4 Å². The van der Waals surface area contributed by atoms with Crippen LogP contribution in [0.25, 0.3) is 0 Å². The smallest absolute Gasteiger partial charge is 0.414 e. The number of amides is 2. The van der Waals surface area contributed by atoms with Gasteiger partial charge in [0.25, 0.3) is 0 Å². The quantitative estimate of drug-likeness (QED) is 0.719. The van der Waals surface area contributed by atoms with Gasteiger partial charge in [-0.1, -0.05) is 12.8 Å². The van der Waals surface area contributed by atoms with E-state index in [0.717, 1.165) is 69.3 Å². The van der Waals surface area contributed by atoms with Crippen LogP contribution in [0.2, 0.25) is 0 Å². The fourth-order valence-corrected chi connectivity index (χ4v) is 5.68. The van der Waals surface area contributed by atoms with E-state index in [1.807, 2.05) is 0 Å². The lowest BCUT2D eigenvalue weighted by molar-refractivity contribution is 0.103. The lowest BCUT2D eigenvalue weighted by atomic mass is 9.74. The lowest BCUT2D eigenvalue weighted by Crippen LogP contribution is -2.50. The molecule has 31 heavy (non-hydrogen) atoms. The summed E-state index contributed by atoms with van der Waals surface area (Å²) in [5.41, 5.74) is 1.44. The van der Waals surface area contributed by atoms with Crippen LogP contribution in [0.1, 0.15) is 50.5 Å². The fraction of sp³-hybridized carbons (Fsp3) is 0.652. The monoisotopic (exact) mass is 433 g/mol. The molecule has 1 aromatic carbocycles. The van der Waals surface area contributed by atoms with Crippen molar-refractivity contribution in [3.63, 3.8) is 0 Å². The van der Waals surface area contributed by atoms with Gasteiger partial charge in [-0.25, -0.2) is 14.0 Å². The molecule has 0 bridgehead atoms. The highest BCUT2D eigenvalue weighted by Gasteiger charge is 2.47. The number of hydrogen-bond acceptors (Lipinski definition) is 5. The van der Waals surface area contributed by atoms with Gasteiger partial charge in [-0.05, 0) is 69.0 Å². The molecule has 2 atom stereocenters. The minimum atomic E-state index is -0.396. The number of methoxy groups -OCH3 is 2. The molecule has 2 fully saturated rings. The van der Waals surface area contributed by atoms with Gasteiger partial charge in [0.1, 0.15) is 5.82 Å². The summed E-state index contributed by atoms with van der Waals surface area (Å²) in [4.78, 5) is 28.2. The Labute approximate surface area is 182 Å². The van der Waals surface area contributed by atoms with Crippen molar-refractivity contribution in [2.24, 2.45) is 0 Å². The molecular weight excluding hydrogens is 401 g/mol. The minimum Gasteiger partial charge on any atom is -0.453 e. The number of benzene rings is 1. The Morgan fingerprint density at radius 2 is 1.87 bits per heavy atom. The Hall–Kier alpha value is -2.35. The number of halogens is 1. The van der Waals surface area contributed by atoms with Crippen molar-refractivity contribution in [3.8, 4) is 0 Å². The molecule has 1 aliphatic carbocycles. The number of alkyl carbamates (subject to hydrolysis) is 1. The minimum absolute atomic E-state index is 0.131. The Kier molecular flexibility index (Phi) is 6.36. The number of ether oxygens (including phenoxy) is 2. The lowest BCUT2D eigenvalue weighted by Gasteiger charge is -2.43. The number of piperidine rings is 1. The number of anilines is 1. The number of nitrogens with zero attached hydrogens (tertiary/aromatic N) is 2. The van der Waals surface area contributed by atoms with Gasteiger partial charge >= 0.3 is 12.2 Å². The molecule has 2 aliphatic heterocycles. The molecule has 2 unspecified atom stereocenters. The molecule has 8 heteroatoms. The first kappa shape index (κ1) is 21.9. The molecule has 1 saturated heterocycles. The maximum absolute atomic E-state index is 14.1. The van der Waals surface area contributed by atoms with E-state index in [1.165, 1.54) is 20.3 Å². The molecule has 1 saturated carbocycles. The summed E-state index contributed by atoms with van der Waals surface area (Å²) < 4.78 is 23.9. The maximum Gasteiger partial charge on any atom is 0.414 e. The summed E-state index contributed by atoms with van der Waals surface area (Å²) >= 11 is 0. The van der Waals surface area contributed by atoms with E-state index in [4.69, 9.17) is 9.47 Å². The van der Waals surface area contributed by atoms with Crippen LogP contribution in [0.5, 0.6) is 0 Å². The third kappa shape index (κ3) is 4.35. The fourth-order valence-electron chi connectivity index (χ4n) is 5.68. The number of likely N-dealkylation sites (tertiary alicyclic amines) is 1. The Morgan fingerprint density at radius 3 is 2.58 bits per heavy atom. The first-order valence-electron chi connectivity index (χ1n) is 11.2. The number of hydrogen-bond donors (Lipinski definition) is 1. The Balaban J connectivity index is 1.47. The molecule has 7 nitrogen and oxygen atoms in total. The number of nitrogens with one attached hydrogen (secondary N) is 1. The van der Waals surface area contributed by atoms with Gasteiger partial charge in [0.05, 0.1) is 19.9 Å². The van der Waals surface area contributed by atoms with E-state index < -0.39 is 6.09 Å². The van der Waals surface area contributed by atoms with E-state index in [0.29, 0.717) is 12.6 Å². The van der Waals surface area contributed by atoms with Gasteiger partial charge in [0.15, 0.2) is 0 Å². The number of rotatable bonds is 2. The molecule has 170 valence electrons. The third-order valence-electron chi connectivity index (χ3n) is 7.35. The molecular formula is C23H32FN3O4. The van der Waals surface area contributed by atoms with Gasteiger partial charge in [0.2, 0.25) is 0 Å². The predicted octanol–water partition coefficient (Wildman–Crippen LogP) is 3.80. The number of fused-ring (bicyclic) bond motifs is 2. The van der Waals surface area contributed by atoms with Gasteiger partial charge in [0, 0.05) is 24.0 Å². The van der Waals surface area contributed by atoms with Crippen LogP contribution in [0.15, 0.2) is 18.2 Å². The molecule has 0 aromatic heterocycles. The zero-order valence-corrected chi connectivity index (χ0v) is 18.4. The van der Waals surface area contributed by atoms with Crippen molar-refractivity contribution < 1.29 is 23.5 Å². The number of carbonyl (C=O) groups excluding carboxylic acids is 2. The van der Waals surface area contributed by atoms with Crippen LogP contribution in [0, 0.1) is 5.82 Å². The van der Waals surface area contributed by atoms with Crippen molar-refractivity contribution in [2.75, 3.05) is 38.8 Å². The SMILES string of the molecule is COC(=O)NC1CCCCC(N2CCC3(CC2)CN(C(=O)OC)c2ccc(F)cc23)C1. The normalized spacial score (nSPS) is 25.6. The molecule has 1 aromatic rings. The van der Waals surface area contributed by atoms with Crippen LogP contribution >= 0.6 is 0 Å². The highest BCUT2D eigenvalue weighted by atomic mass is 19.1. The first-order valence-corrected chi connectivity index (χ1v) is 11.2. The summed E-state index contributed by atoms with van der Waals surface area (Å²) in [6.07, 6.45) is 6.23.